The number of hydrogen-bond donors (Lipinski definition) is 1. The van der Waals surface area contributed by atoms with E-state index in [1.54, 1.807) is 13.8 Å². The van der Waals surface area contributed by atoms with Crippen LogP contribution < -0.4 is 5.32 Å². The van der Waals surface area contributed by atoms with Crippen LogP contribution in [0.3, 0.4) is 0 Å². The van der Waals surface area contributed by atoms with E-state index in [0.717, 1.165) is 25.7 Å². The molecule has 110 valence electrons. The molecule has 1 N–H and O–H groups in total. The molecule has 1 aliphatic rings. The van der Waals surface area contributed by atoms with Crippen LogP contribution in [-0.2, 0) is 9.53 Å². The van der Waals surface area contributed by atoms with Gasteiger partial charge in [-0.1, -0.05) is 5.16 Å². The summed E-state index contributed by atoms with van der Waals surface area (Å²) in [6.07, 6.45) is 3.07. The molecule has 1 aromatic rings. The number of nitrogens with zero attached hydrogens (tertiary/aromatic N) is 1. The average Bonchev–Trinajstić information content (AvgIpc) is 2.78. The van der Waals surface area contributed by atoms with Gasteiger partial charge in [0, 0.05) is 6.04 Å². The van der Waals surface area contributed by atoms with Gasteiger partial charge in [0.25, 0.3) is 5.91 Å². The molecule has 0 saturated heterocycles. The summed E-state index contributed by atoms with van der Waals surface area (Å²) in [5.74, 6) is 0.193. The summed E-state index contributed by atoms with van der Waals surface area (Å²) in [6, 6.07) is 0.0945. The van der Waals surface area contributed by atoms with Crippen LogP contribution in [-0.4, -0.2) is 30.2 Å². The van der Waals surface area contributed by atoms with Crippen molar-refractivity contribution in [3.05, 3.63) is 17.0 Å². The quantitative estimate of drug-likeness (QED) is 0.853. The Morgan fingerprint density at radius 1 is 1.25 bits per heavy atom. The number of methoxy groups -OCH3 is 1. The summed E-state index contributed by atoms with van der Waals surface area (Å²) < 4.78 is 9.75. The zero-order valence-electron chi connectivity index (χ0n) is 12.1. The Morgan fingerprint density at radius 3 is 2.40 bits per heavy atom. The number of esters is 1. The van der Waals surface area contributed by atoms with Crippen LogP contribution in [0.4, 0.5) is 0 Å². The molecule has 6 nitrogen and oxygen atoms in total. The van der Waals surface area contributed by atoms with Gasteiger partial charge >= 0.3 is 5.97 Å². The molecule has 1 aromatic heterocycles. The third kappa shape index (κ3) is 3.00. The van der Waals surface area contributed by atoms with Crippen LogP contribution in [0.1, 0.15) is 47.5 Å². The van der Waals surface area contributed by atoms with Crippen molar-refractivity contribution in [3.8, 4) is 0 Å². The van der Waals surface area contributed by atoms with Crippen LogP contribution in [0.2, 0.25) is 0 Å². The molecule has 1 saturated carbocycles. The highest BCUT2D eigenvalue weighted by atomic mass is 16.5. The molecule has 1 aliphatic carbocycles. The molecule has 0 radical (unpaired) electrons. The lowest BCUT2D eigenvalue weighted by Crippen LogP contribution is -2.39. The van der Waals surface area contributed by atoms with Crippen molar-refractivity contribution in [1.29, 1.82) is 0 Å². The van der Waals surface area contributed by atoms with Crippen molar-refractivity contribution in [2.75, 3.05) is 7.11 Å². The third-order valence-corrected chi connectivity index (χ3v) is 3.86. The Kier molecular flexibility index (Phi) is 4.42. The van der Waals surface area contributed by atoms with Crippen LogP contribution in [0.15, 0.2) is 4.52 Å². The molecular formula is C14H20N2O4. The first-order valence-electron chi connectivity index (χ1n) is 6.84. The highest BCUT2D eigenvalue weighted by Crippen LogP contribution is 2.25. The van der Waals surface area contributed by atoms with Gasteiger partial charge in [0.05, 0.1) is 18.7 Å². The zero-order valence-corrected chi connectivity index (χ0v) is 12.1. The molecule has 6 heteroatoms. The van der Waals surface area contributed by atoms with Gasteiger partial charge in [0.15, 0.2) is 0 Å². The van der Waals surface area contributed by atoms with Crippen molar-refractivity contribution in [2.24, 2.45) is 5.92 Å². The molecule has 1 fully saturated rings. The highest BCUT2D eigenvalue weighted by Gasteiger charge is 2.28. The van der Waals surface area contributed by atoms with E-state index in [4.69, 9.17) is 9.26 Å². The molecule has 2 rings (SSSR count). The second-order valence-electron chi connectivity index (χ2n) is 5.24. The molecule has 20 heavy (non-hydrogen) atoms. The van der Waals surface area contributed by atoms with E-state index in [0.29, 0.717) is 17.0 Å². The topological polar surface area (TPSA) is 81.4 Å². The Balaban J connectivity index is 1.90. The Hall–Kier alpha value is -1.85. The second kappa shape index (κ2) is 6.07. The van der Waals surface area contributed by atoms with E-state index in [9.17, 15) is 9.59 Å². The zero-order chi connectivity index (χ0) is 14.7. The summed E-state index contributed by atoms with van der Waals surface area (Å²) in [4.78, 5) is 23.6. The normalized spacial score (nSPS) is 22.4. The maximum Gasteiger partial charge on any atom is 0.308 e. The van der Waals surface area contributed by atoms with Gasteiger partial charge in [-0.15, -0.1) is 0 Å². The van der Waals surface area contributed by atoms with Gasteiger partial charge < -0.3 is 14.6 Å². The van der Waals surface area contributed by atoms with Crippen molar-refractivity contribution < 1.29 is 18.8 Å². The van der Waals surface area contributed by atoms with Crippen molar-refractivity contribution in [1.82, 2.24) is 10.5 Å². The van der Waals surface area contributed by atoms with E-state index in [2.05, 4.69) is 10.5 Å². The number of carbonyl (C=O) groups is 2. The first-order valence-corrected chi connectivity index (χ1v) is 6.84. The minimum Gasteiger partial charge on any atom is -0.469 e. The maximum absolute atomic E-state index is 12.2. The Bertz CT molecular complexity index is 482. The average molecular weight is 280 g/mol. The molecule has 0 spiro atoms. The van der Waals surface area contributed by atoms with Gasteiger partial charge in [0.1, 0.15) is 11.3 Å². The van der Waals surface area contributed by atoms with Gasteiger partial charge in [-0.25, -0.2) is 0 Å². The summed E-state index contributed by atoms with van der Waals surface area (Å²) in [5, 5.41) is 6.77. The van der Waals surface area contributed by atoms with Crippen molar-refractivity contribution in [2.45, 2.75) is 45.6 Å². The molecule has 0 aromatic carbocycles. The molecule has 1 amide bonds. The van der Waals surface area contributed by atoms with Crippen molar-refractivity contribution in [3.63, 3.8) is 0 Å². The molecule has 0 bridgehead atoms. The molecule has 0 aliphatic heterocycles. The van der Waals surface area contributed by atoms with Gasteiger partial charge in [-0.3, -0.25) is 9.59 Å². The highest BCUT2D eigenvalue weighted by molar-refractivity contribution is 5.96. The largest absolute Gasteiger partial charge is 0.469 e. The van der Waals surface area contributed by atoms with Crippen LogP contribution in [0.5, 0.6) is 0 Å². The maximum atomic E-state index is 12.2. The minimum atomic E-state index is -0.152. The molecular weight excluding hydrogens is 260 g/mol. The van der Waals surface area contributed by atoms with Gasteiger partial charge in [-0.2, -0.15) is 0 Å². The number of aryl methyl sites for hydroxylation is 2. The number of carbonyl (C=O) groups excluding carboxylic acids is 2. The minimum absolute atomic E-state index is 0.0350. The lowest BCUT2D eigenvalue weighted by Gasteiger charge is -2.27. The lowest BCUT2D eigenvalue weighted by molar-refractivity contribution is -0.146. The summed E-state index contributed by atoms with van der Waals surface area (Å²) in [5.41, 5.74) is 1.11. The number of hydrogen-bond acceptors (Lipinski definition) is 5. The fourth-order valence-electron chi connectivity index (χ4n) is 2.70. The fourth-order valence-corrected chi connectivity index (χ4v) is 2.70. The van der Waals surface area contributed by atoms with E-state index in [1.807, 2.05) is 0 Å². The summed E-state index contributed by atoms with van der Waals surface area (Å²) in [7, 11) is 1.41. The monoisotopic (exact) mass is 280 g/mol. The van der Waals surface area contributed by atoms with E-state index < -0.39 is 0 Å². The first-order chi connectivity index (χ1) is 9.52. The van der Waals surface area contributed by atoms with Crippen molar-refractivity contribution >= 4 is 11.9 Å². The number of aromatic nitrogens is 1. The number of rotatable bonds is 3. The third-order valence-electron chi connectivity index (χ3n) is 3.86. The van der Waals surface area contributed by atoms with E-state index in [1.165, 1.54) is 7.11 Å². The summed E-state index contributed by atoms with van der Waals surface area (Å²) in [6.45, 7) is 3.47. The molecule has 0 unspecified atom stereocenters. The van der Waals surface area contributed by atoms with Crippen LogP contribution in [0, 0.1) is 19.8 Å². The van der Waals surface area contributed by atoms with Crippen LogP contribution in [0.25, 0.3) is 0 Å². The molecule has 1 heterocycles. The number of amides is 1. The fraction of sp³-hybridized carbons (Fsp3) is 0.643. The molecule has 0 atom stereocenters. The SMILES string of the molecule is COC(=O)C1CCC(NC(=O)c2c(C)noc2C)CC1. The summed E-state index contributed by atoms with van der Waals surface area (Å²) >= 11 is 0. The Morgan fingerprint density at radius 2 is 1.90 bits per heavy atom. The lowest BCUT2D eigenvalue weighted by atomic mass is 9.86. The number of ether oxygens (including phenoxy) is 1. The first kappa shape index (κ1) is 14.6. The smallest absolute Gasteiger partial charge is 0.308 e. The second-order valence-corrected chi connectivity index (χ2v) is 5.24. The van der Waals surface area contributed by atoms with E-state index >= 15 is 0 Å². The standard InChI is InChI=1S/C14H20N2O4/c1-8-12(9(2)20-16-8)13(17)15-11-6-4-10(5-7-11)14(18)19-3/h10-11H,4-7H2,1-3H3,(H,15,17). The van der Waals surface area contributed by atoms with Gasteiger partial charge in [0.2, 0.25) is 0 Å². The predicted octanol–water partition coefficient (Wildman–Crippen LogP) is 1.75. The van der Waals surface area contributed by atoms with E-state index in [-0.39, 0.29) is 23.8 Å². The number of nitrogens with one attached hydrogen (secondary N) is 1. The van der Waals surface area contributed by atoms with Crippen LogP contribution >= 0.6 is 0 Å². The predicted molar refractivity (Wildman–Crippen MR) is 71.2 cm³/mol. The van der Waals surface area contributed by atoms with Gasteiger partial charge in [-0.05, 0) is 39.5 Å². The Labute approximate surface area is 117 Å².